The Kier molecular flexibility index (Phi) is 3.26. The Morgan fingerprint density at radius 2 is 2.35 bits per heavy atom. The van der Waals surface area contributed by atoms with Crippen LogP contribution in [0.5, 0.6) is 0 Å². The normalized spacial score (nSPS) is 12.5. The second kappa shape index (κ2) is 5.22. The highest BCUT2D eigenvalue weighted by atomic mass is 16.5. The maximum Gasteiger partial charge on any atom is 0.244 e. The number of nitrogens with one attached hydrogen (secondary N) is 1. The predicted molar refractivity (Wildman–Crippen MR) is 71.5 cm³/mol. The van der Waals surface area contributed by atoms with Crippen LogP contribution >= 0.6 is 0 Å². The maximum atomic E-state index is 6.05. The summed E-state index contributed by atoms with van der Waals surface area (Å²) in [5.41, 5.74) is 8.67. The molecule has 7 nitrogen and oxygen atoms in total. The van der Waals surface area contributed by atoms with Crippen molar-refractivity contribution in [2.45, 2.75) is 19.4 Å². The number of nitrogens with two attached hydrogens (primary N) is 1. The average Bonchev–Trinajstić information content (AvgIpc) is 3.10. The third-order valence-corrected chi connectivity index (χ3v) is 2.97. The quantitative estimate of drug-likeness (QED) is 0.742. The third kappa shape index (κ3) is 2.43. The molecule has 0 bridgehead atoms. The number of hydrogen-bond acceptors (Lipinski definition) is 6. The maximum absolute atomic E-state index is 6.05. The zero-order valence-electron chi connectivity index (χ0n) is 10.9. The van der Waals surface area contributed by atoms with Gasteiger partial charge in [-0.05, 0) is 18.6 Å². The molecule has 0 saturated heterocycles. The SMILES string of the molecule is Cc1cccnc1-c1noc([C@H](N)Cc2cnc[nH]2)n1. The monoisotopic (exact) mass is 270 g/mol. The van der Waals surface area contributed by atoms with E-state index in [1.807, 2.05) is 19.1 Å². The van der Waals surface area contributed by atoms with E-state index < -0.39 is 0 Å². The van der Waals surface area contributed by atoms with Gasteiger partial charge in [-0.3, -0.25) is 4.98 Å². The topological polar surface area (TPSA) is 107 Å². The molecular weight excluding hydrogens is 256 g/mol. The molecule has 0 saturated carbocycles. The van der Waals surface area contributed by atoms with Crippen LogP contribution in [0.15, 0.2) is 35.4 Å². The van der Waals surface area contributed by atoms with Crippen molar-refractivity contribution in [3.8, 4) is 11.5 Å². The van der Waals surface area contributed by atoms with Gasteiger partial charge in [-0.1, -0.05) is 11.2 Å². The van der Waals surface area contributed by atoms with Gasteiger partial charge < -0.3 is 15.2 Å². The number of aromatic nitrogens is 5. The van der Waals surface area contributed by atoms with E-state index in [1.165, 1.54) is 0 Å². The lowest BCUT2D eigenvalue weighted by atomic mass is 10.2. The van der Waals surface area contributed by atoms with Crippen molar-refractivity contribution < 1.29 is 4.52 Å². The van der Waals surface area contributed by atoms with Crippen molar-refractivity contribution in [2.24, 2.45) is 5.73 Å². The van der Waals surface area contributed by atoms with E-state index in [2.05, 4.69) is 25.1 Å². The van der Waals surface area contributed by atoms with Gasteiger partial charge in [0.25, 0.3) is 0 Å². The van der Waals surface area contributed by atoms with Gasteiger partial charge in [-0.2, -0.15) is 4.98 Å². The van der Waals surface area contributed by atoms with Crippen molar-refractivity contribution in [3.63, 3.8) is 0 Å². The summed E-state index contributed by atoms with van der Waals surface area (Å²) in [7, 11) is 0. The zero-order chi connectivity index (χ0) is 13.9. The zero-order valence-corrected chi connectivity index (χ0v) is 10.9. The summed E-state index contributed by atoms with van der Waals surface area (Å²) >= 11 is 0. The second-order valence-electron chi connectivity index (χ2n) is 4.51. The first kappa shape index (κ1) is 12.5. The highest BCUT2D eigenvalue weighted by Gasteiger charge is 2.18. The van der Waals surface area contributed by atoms with E-state index in [-0.39, 0.29) is 6.04 Å². The molecule has 0 aliphatic heterocycles. The molecule has 0 fully saturated rings. The van der Waals surface area contributed by atoms with Crippen molar-refractivity contribution in [1.29, 1.82) is 0 Å². The highest BCUT2D eigenvalue weighted by molar-refractivity contribution is 5.53. The molecule has 20 heavy (non-hydrogen) atoms. The molecular formula is C13H14N6O. The fraction of sp³-hybridized carbons (Fsp3) is 0.231. The van der Waals surface area contributed by atoms with Gasteiger partial charge in [0, 0.05) is 24.5 Å². The molecule has 0 spiro atoms. The van der Waals surface area contributed by atoms with Gasteiger partial charge in [0.05, 0.1) is 12.4 Å². The van der Waals surface area contributed by atoms with E-state index in [9.17, 15) is 0 Å². The molecule has 102 valence electrons. The van der Waals surface area contributed by atoms with Crippen LogP contribution in [0, 0.1) is 6.92 Å². The molecule has 0 aromatic carbocycles. The Morgan fingerprint density at radius 3 is 3.10 bits per heavy atom. The van der Waals surface area contributed by atoms with Crippen LogP contribution in [0.2, 0.25) is 0 Å². The molecule has 3 N–H and O–H groups in total. The minimum absolute atomic E-state index is 0.374. The number of rotatable bonds is 4. The first-order valence-electron chi connectivity index (χ1n) is 6.22. The van der Waals surface area contributed by atoms with E-state index in [0.717, 1.165) is 11.3 Å². The summed E-state index contributed by atoms with van der Waals surface area (Å²) in [6, 6.07) is 3.44. The largest absolute Gasteiger partial charge is 0.348 e. The van der Waals surface area contributed by atoms with E-state index in [1.54, 1.807) is 18.7 Å². The van der Waals surface area contributed by atoms with Crippen molar-refractivity contribution in [1.82, 2.24) is 25.1 Å². The molecule has 7 heteroatoms. The predicted octanol–water partition coefficient (Wildman–Crippen LogP) is 1.41. The molecule has 1 atom stereocenters. The Morgan fingerprint density at radius 1 is 1.45 bits per heavy atom. The minimum Gasteiger partial charge on any atom is -0.348 e. The molecule has 0 aliphatic rings. The van der Waals surface area contributed by atoms with Crippen LogP contribution in [-0.2, 0) is 6.42 Å². The summed E-state index contributed by atoms with van der Waals surface area (Å²) in [6.07, 6.45) is 5.59. The Bertz CT molecular complexity index is 690. The number of aryl methyl sites for hydroxylation is 1. The minimum atomic E-state index is -0.374. The first-order chi connectivity index (χ1) is 9.74. The smallest absolute Gasteiger partial charge is 0.244 e. The van der Waals surface area contributed by atoms with Crippen molar-refractivity contribution in [2.75, 3.05) is 0 Å². The number of nitrogens with zero attached hydrogens (tertiary/aromatic N) is 4. The summed E-state index contributed by atoms with van der Waals surface area (Å²) < 4.78 is 5.22. The highest BCUT2D eigenvalue weighted by Crippen LogP contribution is 2.20. The molecule has 3 heterocycles. The Balaban J connectivity index is 1.81. The van der Waals surface area contributed by atoms with Crippen LogP contribution in [0.3, 0.4) is 0 Å². The van der Waals surface area contributed by atoms with Crippen LogP contribution in [0.25, 0.3) is 11.5 Å². The van der Waals surface area contributed by atoms with Gasteiger partial charge in [-0.25, -0.2) is 4.98 Å². The van der Waals surface area contributed by atoms with Gasteiger partial charge in [0.2, 0.25) is 11.7 Å². The van der Waals surface area contributed by atoms with Gasteiger partial charge in [0.1, 0.15) is 5.69 Å². The van der Waals surface area contributed by atoms with Gasteiger partial charge in [0.15, 0.2) is 0 Å². The first-order valence-corrected chi connectivity index (χ1v) is 6.22. The fourth-order valence-electron chi connectivity index (χ4n) is 1.92. The van der Waals surface area contributed by atoms with Gasteiger partial charge >= 0.3 is 0 Å². The summed E-state index contributed by atoms with van der Waals surface area (Å²) in [4.78, 5) is 15.5. The molecule has 3 aromatic heterocycles. The standard InChI is InChI=1S/C13H14N6O/c1-8-3-2-4-16-11(8)12-18-13(20-19-12)10(14)5-9-6-15-7-17-9/h2-4,6-7,10H,5,14H2,1H3,(H,15,17)/t10-/m1/s1. The van der Waals surface area contributed by atoms with E-state index >= 15 is 0 Å². The lowest BCUT2D eigenvalue weighted by Crippen LogP contribution is -2.14. The van der Waals surface area contributed by atoms with E-state index in [0.29, 0.717) is 23.8 Å². The van der Waals surface area contributed by atoms with Crippen LogP contribution in [0.1, 0.15) is 23.2 Å². The van der Waals surface area contributed by atoms with Crippen LogP contribution < -0.4 is 5.73 Å². The molecule has 0 unspecified atom stereocenters. The summed E-state index contributed by atoms with van der Waals surface area (Å²) in [6.45, 7) is 1.95. The lowest BCUT2D eigenvalue weighted by Gasteiger charge is -2.03. The number of pyridine rings is 1. The molecule has 3 rings (SSSR count). The average molecular weight is 270 g/mol. The molecule has 0 radical (unpaired) electrons. The Labute approximate surface area is 115 Å². The summed E-state index contributed by atoms with van der Waals surface area (Å²) in [5, 5.41) is 3.94. The Hall–Kier alpha value is -2.54. The van der Waals surface area contributed by atoms with Crippen LogP contribution in [0.4, 0.5) is 0 Å². The van der Waals surface area contributed by atoms with E-state index in [4.69, 9.17) is 10.3 Å². The number of aromatic amines is 1. The molecule has 0 aliphatic carbocycles. The summed E-state index contributed by atoms with van der Waals surface area (Å²) in [5.74, 6) is 0.845. The van der Waals surface area contributed by atoms with Crippen LogP contribution in [-0.4, -0.2) is 25.1 Å². The van der Waals surface area contributed by atoms with Crippen molar-refractivity contribution >= 4 is 0 Å². The molecule has 3 aromatic rings. The third-order valence-electron chi connectivity index (χ3n) is 2.97. The lowest BCUT2D eigenvalue weighted by molar-refractivity contribution is 0.353. The van der Waals surface area contributed by atoms with Crippen molar-refractivity contribution in [3.05, 3.63) is 48.0 Å². The number of imidazole rings is 1. The number of hydrogen-bond donors (Lipinski definition) is 2. The number of H-pyrrole nitrogens is 1. The molecule has 0 amide bonds. The van der Waals surface area contributed by atoms with Gasteiger partial charge in [-0.15, -0.1) is 0 Å². The fourth-order valence-corrected chi connectivity index (χ4v) is 1.92. The second-order valence-corrected chi connectivity index (χ2v) is 4.51.